The third-order valence-corrected chi connectivity index (χ3v) is 3.72. The van der Waals surface area contributed by atoms with Crippen molar-refractivity contribution in [1.82, 2.24) is 10.6 Å². The first-order chi connectivity index (χ1) is 8.84. The van der Waals surface area contributed by atoms with Gasteiger partial charge in [0.25, 0.3) is 0 Å². The van der Waals surface area contributed by atoms with Crippen molar-refractivity contribution in [1.29, 1.82) is 0 Å². The maximum atomic E-state index is 5.30. The van der Waals surface area contributed by atoms with Crippen molar-refractivity contribution in [3.8, 4) is 0 Å². The van der Waals surface area contributed by atoms with E-state index in [0.717, 1.165) is 24.5 Å². The maximum Gasteiger partial charge on any atom is 0.166 e. The van der Waals surface area contributed by atoms with E-state index >= 15 is 0 Å². The van der Waals surface area contributed by atoms with Crippen LogP contribution in [0, 0.1) is 0 Å². The fraction of sp³-hybridized carbons (Fsp3) is 0.533. The minimum atomic E-state index is 0.610. The largest absolute Gasteiger partial charge is 0.363 e. The molecule has 1 aliphatic carbocycles. The van der Waals surface area contributed by atoms with Crippen LogP contribution in [0.3, 0.4) is 0 Å². The summed E-state index contributed by atoms with van der Waals surface area (Å²) in [7, 11) is 0. The normalized spacial score (nSPS) is 15.6. The molecule has 1 aromatic carbocycles. The van der Waals surface area contributed by atoms with Gasteiger partial charge in [0, 0.05) is 12.6 Å². The Bertz CT molecular complexity index is 358. The van der Waals surface area contributed by atoms with Gasteiger partial charge in [0.2, 0.25) is 0 Å². The molecule has 0 radical (unpaired) electrons. The summed E-state index contributed by atoms with van der Waals surface area (Å²) < 4.78 is 0. The molecule has 1 aromatic rings. The first-order valence-electron chi connectivity index (χ1n) is 6.93. The second-order valence-corrected chi connectivity index (χ2v) is 5.38. The molecule has 0 unspecified atom stereocenters. The molecule has 98 valence electrons. The van der Waals surface area contributed by atoms with Crippen LogP contribution in [0.25, 0.3) is 0 Å². The van der Waals surface area contributed by atoms with Crippen molar-refractivity contribution in [2.75, 3.05) is 6.54 Å². The number of hydrogen-bond donors (Lipinski definition) is 2. The number of rotatable bonds is 5. The second kappa shape index (κ2) is 7.37. The molecule has 2 N–H and O–H groups in total. The van der Waals surface area contributed by atoms with Crippen molar-refractivity contribution >= 4 is 17.3 Å². The Morgan fingerprint density at radius 1 is 1.17 bits per heavy atom. The van der Waals surface area contributed by atoms with Crippen LogP contribution in [0.15, 0.2) is 30.3 Å². The number of nitrogens with one attached hydrogen (secondary N) is 2. The Morgan fingerprint density at radius 2 is 1.89 bits per heavy atom. The topological polar surface area (TPSA) is 24.1 Å². The van der Waals surface area contributed by atoms with Crippen LogP contribution in [0.4, 0.5) is 0 Å². The van der Waals surface area contributed by atoms with Crippen molar-refractivity contribution in [2.24, 2.45) is 0 Å². The Morgan fingerprint density at radius 3 is 2.61 bits per heavy atom. The highest BCUT2D eigenvalue weighted by atomic mass is 32.1. The van der Waals surface area contributed by atoms with Crippen LogP contribution in [0.2, 0.25) is 0 Å². The minimum absolute atomic E-state index is 0.610. The van der Waals surface area contributed by atoms with Crippen LogP contribution in [-0.2, 0) is 6.42 Å². The number of benzene rings is 1. The fourth-order valence-corrected chi connectivity index (χ4v) is 2.71. The number of hydrogen-bond acceptors (Lipinski definition) is 1. The molecule has 0 heterocycles. The molecule has 0 aliphatic heterocycles. The lowest BCUT2D eigenvalue weighted by Gasteiger charge is -2.15. The fourth-order valence-electron chi connectivity index (χ4n) is 2.45. The first-order valence-corrected chi connectivity index (χ1v) is 7.34. The van der Waals surface area contributed by atoms with Gasteiger partial charge in [-0.3, -0.25) is 0 Å². The molecule has 1 saturated carbocycles. The highest BCUT2D eigenvalue weighted by molar-refractivity contribution is 7.80. The van der Waals surface area contributed by atoms with E-state index in [9.17, 15) is 0 Å². The molecule has 0 saturated heterocycles. The maximum absolute atomic E-state index is 5.30. The van der Waals surface area contributed by atoms with Gasteiger partial charge in [-0.25, -0.2) is 0 Å². The Kier molecular flexibility index (Phi) is 5.46. The molecule has 1 fully saturated rings. The van der Waals surface area contributed by atoms with Crippen LogP contribution < -0.4 is 10.6 Å². The third-order valence-electron chi connectivity index (χ3n) is 3.46. The number of aryl methyl sites for hydroxylation is 1. The zero-order valence-electron chi connectivity index (χ0n) is 10.8. The van der Waals surface area contributed by atoms with E-state index in [1.54, 1.807) is 0 Å². The Balaban J connectivity index is 1.56. The van der Waals surface area contributed by atoms with Crippen LogP contribution in [-0.4, -0.2) is 17.7 Å². The summed E-state index contributed by atoms with van der Waals surface area (Å²) in [6.07, 6.45) is 7.45. The summed E-state index contributed by atoms with van der Waals surface area (Å²) in [6.45, 7) is 0.952. The summed E-state index contributed by atoms with van der Waals surface area (Å²) in [5.41, 5.74) is 1.40. The second-order valence-electron chi connectivity index (χ2n) is 4.97. The molecule has 0 spiro atoms. The zero-order valence-corrected chi connectivity index (χ0v) is 11.6. The number of thiocarbonyl (C=S) groups is 1. The quantitative estimate of drug-likeness (QED) is 0.630. The van der Waals surface area contributed by atoms with Gasteiger partial charge in [-0.2, -0.15) is 0 Å². The van der Waals surface area contributed by atoms with Crippen molar-refractivity contribution in [2.45, 2.75) is 44.6 Å². The lowest BCUT2D eigenvalue weighted by Crippen LogP contribution is -2.41. The third kappa shape index (κ3) is 4.65. The van der Waals surface area contributed by atoms with E-state index in [1.807, 2.05) is 0 Å². The van der Waals surface area contributed by atoms with E-state index < -0.39 is 0 Å². The van der Waals surface area contributed by atoms with Gasteiger partial charge in [0.05, 0.1) is 0 Å². The molecule has 2 nitrogen and oxygen atoms in total. The molecule has 2 rings (SSSR count). The van der Waals surface area contributed by atoms with Gasteiger partial charge < -0.3 is 10.6 Å². The molecule has 18 heavy (non-hydrogen) atoms. The lowest BCUT2D eigenvalue weighted by atomic mass is 10.1. The molecule has 0 bridgehead atoms. The van der Waals surface area contributed by atoms with Gasteiger partial charge in [-0.05, 0) is 43.5 Å². The molecule has 3 heteroatoms. The Hall–Kier alpha value is -1.09. The van der Waals surface area contributed by atoms with Gasteiger partial charge in [-0.15, -0.1) is 0 Å². The van der Waals surface area contributed by atoms with Gasteiger partial charge in [0.1, 0.15) is 0 Å². The summed E-state index contributed by atoms with van der Waals surface area (Å²) in [5.74, 6) is 0. The average Bonchev–Trinajstić information content (AvgIpc) is 2.89. The first kappa shape index (κ1) is 13.3. The lowest BCUT2D eigenvalue weighted by molar-refractivity contribution is 0.618. The predicted octanol–water partition coefficient (Wildman–Crippen LogP) is 3.03. The van der Waals surface area contributed by atoms with E-state index in [1.165, 1.54) is 31.2 Å². The van der Waals surface area contributed by atoms with E-state index in [2.05, 4.69) is 41.0 Å². The SMILES string of the molecule is S=C(NCCCc1ccccc1)NC1CCCC1. The molecule has 0 amide bonds. The van der Waals surface area contributed by atoms with E-state index in [0.29, 0.717) is 6.04 Å². The highest BCUT2D eigenvalue weighted by Gasteiger charge is 2.14. The smallest absolute Gasteiger partial charge is 0.166 e. The van der Waals surface area contributed by atoms with Gasteiger partial charge >= 0.3 is 0 Å². The summed E-state index contributed by atoms with van der Waals surface area (Å²) >= 11 is 5.30. The predicted molar refractivity (Wildman–Crippen MR) is 80.8 cm³/mol. The Labute approximate surface area is 115 Å². The molecule has 1 aliphatic rings. The van der Waals surface area contributed by atoms with E-state index in [4.69, 9.17) is 12.2 Å². The van der Waals surface area contributed by atoms with Gasteiger partial charge in [0.15, 0.2) is 5.11 Å². The summed E-state index contributed by atoms with van der Waals surface area (Å²) in [6, 6.07) is 11.2. The van der Waals surface area contributed by atoms with Crippen molar-refractivity contribution < 1.29 is 0 Å². The minimum Gasteiger partial charge on any atom is -0.363 e. The van der Waals surface area contributed by atoms with Crippen LogP contribution in [0.5, 0.6) is 0 Å². The highest BCUT2D eigenvalue weighted by Crippen LogP contribution is 2.17. The zero-order chi connectivity index (χ0) is 12.6. The molecular formula is C15H22N2S. The van der Waals surface area contributed by atoms with Gasteiger partial charge in [-0.1, -0.05) is 43.2 Å². The molecule has 0 atom stereocenters. The average molecular weight is 262 g/mol. The molecular weight excluding hydrogens is 240 g/mol. The summed E-state index contributed by atoms with van der Waals surface area (Å²) in [5, 5.41) is 7.53. The van der Waals surface area contributed by atoms with Crippen LogP contribution in [0.1, 0.15) is 37.7 Å². The van der Waals surface area contributed by atoms with Crippen LogP contribution >= 0.6 is 12.2 Å². The van der Waals surface area contributed by atoms with E-state index in [-0.39, 0.29) is 0 Å². The van der Waals surface area contributed by atoms with Crippen molar-refractivity contribution in [3.05, 3.63) is 35.9 Å². The standard InChI is InChI=1S/C15H22N2S/c18-15(17-14-10-4-5-11-14)16-12-6-9-13-7-2-1-3-8-13/h1-3,7-8,14H,4-6,9-12H2,(H2,16,17,18). The summed E-state index contributed by atoms with van der Waals surface area (Å²) in [4.78, 5) is 0. The van der Waals surface area contributed by atoms with Crippen molar-refractivity contribution in [3.63, 3.8) is 0 Å². The monoisotopic (exact) mass is 262 g/mol. The molecule has 0 aromatic heterocycles.